The van der Waals surface area contributed by atoms with Gasteiger partial charge in [-0.05, 0) is 31.9 Å². The molecule has 26 heavy (non-hydrogen) atoms. The third-order valence-electron chi connectivity index (χ3n) is 5.39. The number of H-pyrrole nitrogens is 1. The summed E-state index contributed by atoms with van der Waals surface area (Å²) in [5, 5.41) is 7.20. The van der Waals surface area contributed by atoms with E-state index in [0.29, 0.717) is 11.6 Å². The summed E-state index contributed by atoms with van der Waals surface area (Å²) in [6.45, 7) is 6.81. The summed E-state index contributed by atoms with van der Waals surface area (Å²) in [6, 6.07) is 1.82. The molecule has 7 heteroatoms. The van der Waals surface area contributed by atoms with E-state index in [0.717, 1.165) is 56.1 Å². The topological polar surface area (TPSA) is 78.0 Å². The van der Waals surface area contributed by atoms with Gasteiger partial charge in [0.05, 0.1) is 6.04 Å². The van der Waals surface area contributed by atoms with Crippen LogP contribution < -0.4 is 0 Å². The Bertz CT molecular complexity index is 814. The second kappa shape index (κ2) is 6.79. The highest BCUT2D eigenvalue weighted by atomic mass is 16.2. The molecule has 0 radical (unpaired) electrons. The monoisotopic (exact) mass is 354 g/mol. The minimum Gasteiger partial charge on any atom is -0.327 e. The molecule has 4 rings (SSSR count). The maximum atomic E-state index is 13.0. The molecule has 4 heterocycles. The minimum absolute atomic E-state index is 0.0308. The number of amides is 1. The molecule has 2 aromatic heterocycles. The van der Waals surface area contributed by atoms with E-state index in [2.05, 4.69) is 41.0 Å². The van der Waals surface area contributed by atoms with Gasteiger partial charge < -0.3 is 9.80 Å². The van der Waals surface area contributed by atoms with E-state index < -0.39 is 0 Å². The molecule has 0 aromatic carbocycles. The minimum atomic E-state index is -0.0494. The van der Waals surface area contributed by atoms with E-state index in [4.69, 9.17) is 4.98 Å². The summed E-state index contributed by atoms with van der Waals surface area (Å²) in [5.74, 6) is 1.07. The Hall–Kier alpha value is -2.28. The Morgan fingerprint density at radius 3 is 2.96 bits per heavy atom. The van der Waals surface area contributed by atoms with Crippen LogP contribution >= 0.6 is 0 Å². The van der Waals surface area contributed by atoms with Crippen LogP contribution in [0.3, 0.4) is 0 Å². The van der Waals surface area contributed by atoms with Gasteiger partial charge in [0.15, 0.2) is 5.82 Å². The van der Waals surface area contributed by atoms with Crippen LogP contribution in [0.5, 0.6) is 0 Å². The van der Waals surface area contributed by atoms with Crippen molar-refractivity contribution in [2.45, 2.75) is 51.6 Å². The van der Waals surface area contributed by atoms with Gasteiger partial charge in [-0.1, -0.05) is 13.8 Å². The molecule has 2 aliphatic rings. The number of hydrogen-bond acceptors (Lipinski definition) is 5. The van der Waals surface area contributed by atoms with Gasteiger partial charge in [-0.25, -0.2) is 9.97 Å². The molecule has 1 saturated heterocycles. The average molecular weight is 354 g/mol. The Morgan fingerprint density at radius 1 is 1.35 bits per heavy atom. The highest BCUT2D eigenvalue weighted by molar-refractivity contribution is 5.92. The third-order valence-corrected chi connectivity index (χ3v) is 5.39. The summed E-state index contributed by atoms with van der Waals surface area (Å²) in [4.78, 5) is 26.6. The van der Waals surface area contributed by atoms with Crippen molar-refractivity contribution in [1.82, 2.24) is 30.0 Å². The molecule has 1 fully saturated rings. The van der Waals surface area contributed by atoms with Crippen LogP contribution in [0.15, 0.2) is 12.3 Å². The molecule has 1 N–H and O–H groups in total. The Morgan fingerprint density at radius 2 is 2.19 bits per heavy atom. The van der Waals surface area contributed by atoms with Crippen LogP contribution in [0.2, 0.25) is 0 Å². The first kappa shape index (κ1) is 17.1. The van der Waals surface area contributed by atoms with Gasteiger partial charge in [0.25, 0.3) is 5.91 Å². The fourth-order valence-corrected chi connectivity index (χ4v) is 3.80. The molecule has 2 aliphatic heterocycles. The van der Waals surface area contributed by atoms with Crippen molar-refractivity contribution in [3.8, 4) is 0 Å². The number of hydrogen-bond donors (Lipinski definition) is 1. The zero-order valence-electron chi connectivity index (χ0n) is 15.7. The van der Waals surface area contributed by atoms with Gasteiger partial charge >= 0.3 is 0 Å². The second-order valence-electron chi connectivity index (χ2n) is 7.71. The van der Waals surface area contributed by atoms with Crippen LogP contribution in [-0.4, -0.2) is 56.0 Å². The lowest BCUT2D eigenvalue weighted by atomic mass is 10.1. The van der Waals surface area contributed by atoms with Crippen molar-refractivity contribution in [3.05, 3.63) is 40.7 Å². The fourth-order valence-electron chi connectivity index (χ4n) is 3.80. The van der Waals surface area contributed by atoms with Crippen molar-refractivity contribution >= 4 is 5.91 Å². The Labute approximate surface area is 153 Å². The number of likely N-dealkylation sites (tertiary alicyclic amines) is 1. The molecule has 0 aliphatic carbocycles. The van der Waals surface area contributed by atoms with Gasteiger partial charge in [-0.15, -0.1) is 0 Å². The molecule has 0 unspecified atom stereocenters. The maximum absolute atomic E-state index is 13.0. The third kappa shape index (κ3) is 3.11. The first-order valence-corrected chi connectivity index (χ1v) is 9.42. The summed E-state index contributed by atoms with van der Waals surface area (Å²) in [7, 11) is 2.11. The summed E-state index contributed by atoms with van der Waals surface area (Å²) in [5.41, 5.74) is 3.81. The Balaban J connectivity index is 1.57. The van der Waals surface area contributed by atoms with Crippen LogP contribution in [0.1, 0.15) is 71.9 Å². The molecule has 2 aromatic rings. The number of carbonyl (C=O) groups excluding carboxylic acids is 1. The largest absolute Gasteiger partial charge is 0.327 e. The first-order valence-electron chi connectivity index (χ1n) is 9.42. The summed E-state index contributed by atoms with van der Waals surface area (Å²) < 4.78 is 0. The van der Waals surface area contributed by atoms with Gasteiger partial charge in [-0.2, -0.15) is 5.10 Å². The molecule has 138 valence electrons. The zero-order valence-corrected chi connectivity index (χ0v) is 15.7. The molecular formula is C19H26N6O. The zero-order chi connectivity index (χ0) is 18.3. The van der Waals surface area contributed by atoms with Crippen molar-refractivity contribution in [2.24, 2.45) is 0 Å². The summed E-state index contributed by atoms with van der Waals surface area (Å²) >= 11 is 0. The van der Waals surface area contributed by atoms with Crippen LogP contribution in [0.4, 0.5) is 0 Å². The van der Waals surface area contributed by atoms with E-state index in [9.17, 15) is 4.79 Å². The highest BCUT2D eigenvalue weighted by Crippen LogP contribution is 2.32. The lowest BCUT2D eigenvalue weighted by Gasteiger charge is -2.26. The van der Waals surface area contributed by atoms with Gasteiger partial charge in [0.1, 0.15) is 5.69 Å². The SMILES string of the molecule is CC(C)c1cc(C(=O)N2CCC[C@H]2c2ncc3c(n2)CCN(C)C3)n[nH]1. The quantitative estimate of drug-likeness (QED) is 0.915. The van der Waals surface area contributed by atoms with Gasteiger partial charge in [0.2, 0.25) is 0 Å². The number of nitrogens with one attached hydrogen (secondary N) is 1. The molecular weight excluding hydrogens is 328 g/mol. The maximum Gasteiger partial charge on any atom is 0.274 e. The molecule has 0 saturated carbocycles. The van der Waals surface area contributed by atoms with E-state index >= 15 is 0 Å². The number of fused-ring (bicyclic) bond motifs is 1. The van der Waals surface area contributed by atoms with E-state index in [1.54, 1.807) is 0 Å². The van der Waals surface area contributed by atoms with Crippen molar-refractivity contribution in [3.63, 3.8) is 0 Å². The van der Waals surface area contributed by atoms with Crippen molar-refractivity contribution < 1.29 is 4.79 Å². The van der Waals surface area contributed by atoms with Gasteiger partial charge in [-0.3, -0.25) is 9.89 Å². The summed E-state index contributed by atoms with van der Waals surface area (Å²) in [6.07, 6.45) is 4.77. The average Bonchev–Trinajstić information content (AvgIpc) is 3.30. The highest BCUT2D eigenvalue weighted by Gasteiger charge is 2.34. The first-order chi connectivity index (χ1) is 12.5. The fraction of sp³-hybridized carbons (Fsp3) is 0.579. The number of rotatable bonds is 3. The van der Waals surface area contributed by atoms with E-state index in [1.165, 1.54) is 5.56 Å². The van der Waals surface area contributed by atoms with E-state index in [-0.39, 0.29) is 11.9 Å². The predicted octanol–water partition coefficient (Wildman–Crippen LogP) is 2.29. The predicted molar refractivity (Wildman–Crippen MR) is 97.8 cm³/mol. The number of likely N-dealkylation sites (N-methyl/N-ethyl adjacent to an activating group) is 1. The lowest BCUT2D eigenvalue weighted by molar-refractivity contribution is 0.0723. The van der Waals surface area contributed by atoms with Crippen molar-refractivity contribution in [1.29, 1.82) is 0 Å². The molecule has 0 bridgehead atoms. The molecule has 1 amide bonds. The lowest BCUT2D eigenvalue weighted by Crippen LogP contribution is -2.33. The van der Waals surface area contributed by atoms with Gasteiger partial charge in [0, 0.05) is 49.2 Å². The normalized spacial score (nSPS) is 20.6. The molecule has 0 spiro atoms. The second-order valence-corrected chi connectivity index (χ2v) is 7.71. The smallest absolute Gasteiger partial charge is 0.274 e. The van der Waals surface area contributed by atoms with Crippen LogP contribution in [0.25, 0.3) is 0 Å². The van der Waals surface area contributed by atoms with Crippen LogP contribution in [-0.2, 0) is 13.0 Å². The number of nitrogens with zero attached hydrogens (tertiary/aromatic N) is 5. The standard InChI is InChI=1S/C19H26N6O/c1-12(2)15-9-16(23-22-15)19(26)25-7-4-5-17(25)18-20-10-13-11-24(3)8-6-14(13)21-18/h9-10,12,17H,4-8,11H2,1-3H3,(H,22,23)/t17-/m0/s1. The number of aromatic amines is 1. The van der Waals surface area contributed by atoms with E-state index in [1.807, 2.05) is 17.2 Å². The number of aromatic nitrogens is 4. The molecule has 7 nitrogen and oxygen atoms in total. The van der Waals surface area contributed by atoms with Crippen LogP contribution in [0, 0.1) is 0 Å². The number of carbonyl (C=O) groups is 1. The Kier molecular flexibility index (Phi) is 4.48. The molecule has 1 atom stereocenters. The van der Waals surface area contributed by atoms with Crippen molar-refractivity contribution in [2.75, 3.05) is 20.1 Å².